The molecule has 0 unspecified atom stereocenters. The Labute approximate surface area is 176 Å². The summed E-state index contributed by atoms with van der Waals surface area (Å²) in [5.74, 6) is 0.706. The second kappa shape index (κ2) is 10.2. The maximum Gasteiger partial charge on any atom is 0.321 e. The molecule has 0 bridgehead atoms. The third kappa shape index (κ3) is 5.33. The molecule has 0 amide bonds. The third-order valence-electron chi connectivity index (χ3n) is 4.29. The van der Waals surface area contributed by atoms with E-state index in [2.05, 4.69) is 0 Å². The lowest BCUT2D eigenvalue weighted by Gasteiger charge is -2.23. The summed E-state index contributed by atoms with van der Waals surface area (Å²) in [5.41, 5.74) is 0.556. The molecule has 164 valence electrons. The molecule has 10 heteroatoms. The van der Waals surface area contributed by atoms with Crippen molar-refractivity contribution in [3.63, 3.8) is 0 Å². The van der Waals surface area contributed by atoms with Crippen molar-refractivity contribution in [1.29, 1.82) is 0 Å². The molecule has 0 atom stereocenters. The van der Waals surface area contributed by atoms with Crippen molar-refractivity contribution in [3.05, 3.63) is 42.0 Å². The highest BCUT2D eigenvalue weighted by molar-refractivity contribution is 7.89. The van der Waals surface area contributed by atoms with Crippen LogP contribution in [0, 0.1) is 0 Å². The lowest BCUT2D eigenvalue weighted by molar-refractivity contribution is -0.140. The number of esters is 1. The van der Waals surface area contributed by atoms with E-state index < -0.39 is 22.5 Å². The number of carbonyl (C=O) groups is 1. The van der Waals surface area contributed by atoms with Crippen LogP contribution in [0.2, 0.25) is 0 Å². The van der Waals surface area contributed by atoms with Crippen molar-refractivity contribution in [2.45, 2.75) is 11.4 Å². The maximum atomic E-state index is 13.5. The van der Waals surface area contributed by atoms with Gasteiger partial charge in [0, 0.05) is 18.7 Å². The van der Waals surface area contributed by atoms with Crippen LogP contribution in [-0.4, -0.2) is 60.8 Å². The molecule has 9 nitrogen and oxygen atoms in total. The van der Waals surface area contributed by atoms with E-state index in [4.69, 9.17) is 23.7 Å². The average Bonchev–Trinajstić information content (AvgIpc) is 2.77. The molecule has 0 aromatic heterocycles. The number of hydrogen-bond acceptors (Lipinski definition) is 8. The Balaban J connectivity index is 2.55. The highest BCUT2D eigenvalue weighted by atomic mass is 32.2. The van der Waals surface area contributed by atoms with Gasteiger partial charge in [0.25, 0.3) is 0 Å². The van der Waals surface area contributed by atoms with Crippen LogP contribution in [0.25, 0.3) is 0 Å². The minimum Gasteiger partial charge on any atom is -0.497 e. The second-order valence-electron chi connectivity index (χ2n) is 6.09. The summed E-state index contributed by atoms with van der Waals surface area (Å²) in [6.07, 6.45) is 0. The molecule has 2 aromatic carbocycles. The number of nitrogens with zero attached hydrogens (tertiary/aromatic N) is 1. The third-order valence-corrected chi connectivity index (χ3v) is 6.10. The molecule has 0 spiro atoms. The number of hydrogen-bond donors (Lipinski definition) is 0. The lowest BCUT2D eigenvalue weighted by atomic mass is 10.2. The van der Waals surface area contributed by atoms with E-state index in [-0.39, 0.29) is 17.2 Å². The molecule has 2 rings (SSSR count). The largest absolute Gasteiger partial charge is 0.497 e. The first-order valence-electron chi connectivity index (χ1n) is 8.80. The van der Waals surface area contributed by atoms with Crippen LogP contribution in [0.4, 0.5) is 0 Å². The van der Waals surface area contributed by atoms with E-state index in [0.717, 1.165) is 4.31 Å². The average molecular weight is 439 g/mol. The van der Waals surface area contributed by atoms with Gasteiger partial charge in [-0.15, -0.1) is 0 Å². The van der Waals surface area contributed by atoms with E-state index in [1.807, 2.05) is 0 Å². The van der Waals surface area contributed by atoms with Gasteiger partial charge in [-0.3, -0.25) is 4.79 Å². The van der Waals surface area contributed by atoms with Crippen LogP contribution in [0.1, 0.15) is 5.56 Å². The first kappa shape index (κ1) is 23.3. The van der Waals surface area contributed by atoms with E-state index in [1.54, 1.807) is 24.3 Å². The van der Waals surface area contributed by atoms with Crippen molar-refractivity contribution in [3.8, 4) is 23.0 Å². The molecular weight excluding hydrogens is 414 g/mol. The SMILES string of the molecule is COC(=O)CN(Cc1cc(OC)cc(OC)c1)S(=O)(=O)c1cc(OC)ccc1OC. The fourth-order valence-electron chi connectivity index (χ4n) is 2.72. The molecule has 0 fully saturated rings. The first-order valence-corrected chi connectivity index (χ1v) is 10.2. The van der Waals surface area contributed by atoms with Crippen LogP contribution in [-0.2, 0) is 26.1 Å². The van der Waals surface area contributed by atoms with Crippen LogP contribution in [0.5, 0.6) is 23.0 Å². The summed E-state index contributed by atoms with van der Waals surface area (Å²) in [6, 6.07) is 9.38. The Morgan fingerprint density at radius 2 is 1.43 bits per heavy atom. The molecule has 0 saturated carbocycles. The molecular formula is C20H25NO8S. The summed E-state index contributed by atoms with van der Waals surface area (Å²) in [6.45, 7) is -0.635. The molecule has 0 saturated heterocycles. The highest BCUT2D eigenvalue weighted by Gasteiger charge is 2.31. The topological polar surface area (TPSA) is 101 Å². The Morgan fingerprint density at radius 1 is 0.833 bits per heavy atom. The monoisotopic (exact) mass is 439 g/mol. The van der Waals surface area contributed by atoms with Gasteiger partial charge in [-0.05, 0) is 29.8 Å². The van der Waals surface area contributed by atoms with Crippen LogP contribution in [0.3, 0.4) is 0 Å². The zero-order chi connectivity index (χ0) is 22.3. The van der Waals surface area contributed by atoms with E-state index in [1.165, 1.54) is 47.7 Å². The van der Waals surface area contributed by atoms with Crippen molar-refractivity contribution in [2.75, 3.05) is 42.1 Å². The van der Waals surface area contributed by atoms with Gasteiger partial charge in [0.15, 0.2) is 0 Å². The van der Waals surface area contributed by atoms with Crippen molar-refractivity contribution in [2.24, 2.45) is 0 Å². The fraction of sp³-hybridized carbons (Fsp3) is 0.350. The van der Waals surface area contributed by atoms with Crippen molar-refractivity contribution < 1.29 is 36.9 Å². The first-order chi connectivity index (χ1) is 14.3. The summed E-state index contributed by atoms with van der Waals surface area (Å²) in [4.78, 5) is 11.8. The normalized spacial score (nSPS) is 11.1. The zero-order valence-corrected chi connectivity index (χ0v) is 18.3. The summed E-state index contributed by atoms with van der Waals surface area (Å²) >= 11 is 0. The summed E-state index contributed by atoms with van der Waals surface area (Å²) < 4.78 is 53.5. The van der Waals surface area contributed by atoms with Crippen LogP contribution in [0.15, 0.2) is 41.3 Å². The molecule has 0 heterocycles. The fourth-order valence-corrected chi connectivity index (χ4v) is 4.26. The quantitative estimate of drug-likeness (QED) is 0.519. The summed E-state index contributed by atoms with van der Waals surface area (Å²) in [5, 5.41) is 0. The minimum absolute atomic E-state index is 0.119. The zero-order valence-electron chi connectivity index (χ0n) is 17.5. The predicted octanol–water partition coefficient (Wildman–Crippen LogP) is 2.08. The molecule has 0 aliphatic rings. The van der Waals surface area contributed by atoms with Crippen molar-refractivity contribution in [1.82, 2.24) is 4.31 Å². The van der Waals surface area contributed by atoms with E-state index in [9.17, 15) is 13.2 Å². The molecule has 0 radical (unpaired) electrons. The Kier molecular flexibility index (Phi) is 7.90. The number of methoxy groups -OCH3 is 5. The van der Waals surface area contributed by atoms with Gasteiger partial charge in [-0.2, -0.15) is 4.31 Å². The Morgan fingerprint density at radius 3 is 1.93 bits per heavy atom. The highest BCUT2D eigenvalue weighted by Crippen LogP contribution is 2.32. The molecule has 0 aliphatic heterocycles. The maximum absolute atomic E-state index is 13.5. The molecule has 0 N–H and O–H groups in total. The molecule has 2 aromatic rings. The number of benzene rings is 2. The van der Waals surface area contributed by atoms with Gasteiger partial charge in [0.2, 0.25) is 10.0 Å². The van der Waals surface area contributed by atoms with Crippen molar-refractivity contribution >= 4 is 16.0 Å². The Bertz CT molecular complexity index is 968. The number of sulfonamides is 1. The van der Waals surface area contributed by atoms with Gasteiger partial charge in [-0.25, -0.2) is 8.42 Å². The molecule has 0 aliphatic carbocycles. The van der Waals surface area contributed by atoms with Gasteiger partial charge >= 0.3 is 5.97 Å². The standard InChI is InChI=1S/C20H25NO8S/c1-25-15-6-7-18(28-4)19(11-15)30(23,24)21(13-20(22)29-5)12-14-8-16(26-2)10-17(9-14)27-3/h6-11H,12-13H2,1-5H3. The van der Waals surface area contributed by atoms with Crippen LogP contribution < -0.4 is 18.9 Å². The molecule has 30 heavy (non-hydrogen) atoms. The lowest BCUT2D eigenvalue weighted by Crippen LogP contribution is -2.36. The van der Waals surface area contributed by atoms with Gasteiger partial charge in [0.1, 0.15) is 34.4 Å². The van der Waals surface area contributed by atoms with Gasteiger partial charge in [0.05, 0.1) is 35.5 Å². The van der Waals surface area contributed by atoms with E-state index >= 15 is 0 Å². The van der Waals surface area contributed by atoms with E-state index in [0.29, 0.717) is 22.8 Å². The number of ether oxygens (including phenoxy) is 5. The number of carbonyl (C=O) groups excluding carboxylic acids is 1. The Hall–Kier alpha value is -2.98. The smallest absolute Gasteiger partial charge is 0.321 e. The number of rotatable bonds is 10. The predicted molar refractivity (Wildman–Crippen MR) is 109 cm³/mol. The summed E-state index contributed by atoms with van der Waals surface area (Å²) in [7, 11) is 2.78. The van der Waals surface area contributed by atoms with Crippen LogP contribution >= 0.6 is 0 Å². The minimum atomic E-state index is -4.17. The van der Waals surface area contributed by atoms with Gasteiger partial charge < -0.3 is 23.7 Å². The second-order valence-corrected chi connectivity index (χ2v) is 7.99. The van der Waals surface area contributed by atoms with Gasteiger partial charge in [-0.1, -0.05) is 0 Å².